The zero-order valence-electron chi connectivity index (χ0n) is 8.21. The standard InChI is InChI=1S/C9H11BO5/c1-13-9-5-14-7-3-2-6(10(11)12)4-8(7)15-9/h2-4,9,11-12H,5H2,1H3. The van der Waals surface area contributed by atoms with Crippen molar-refractivity contribution in [3.05, 3.63) is 18.2 Å². The van der Waals surface area contributed by atoms with Gasteiger partial charge in [-0.1, -0.05) is 6.07 Å². The van der Waals surface area contributed by atoms with Crippen LogP contribution in [0.3, 0.4) is 0 Å². The molecule has 0 bridgehead atoms. The van der Waals surface area contributed by atoms with E-state index in [0.29, 0.717) is 23.6 Å². The number of hydrogen-bond acceptors (Lipinski definition) is 5. The van der Waals surface area contributed by atoms with Crippen molar-refractivity contribution < 1.29 is 24.3 Å². The van der Waals surface area contributed by atoms with E-state index >= 15 is 0 Å². The third-order valence-electron chi connectivity index (χ3n) is 2.16. The van der Waals surface area contributed by atoms with Gasteiger partial charge in [0.25, 0.3) is 0 Å². The lowest BCUT2D eigenvalue weighted by atomic mass is 9.80. The van der Waals surface area contributed by atoms with Gasteiger partial charge in [-0.3, -0.25) is 0 Å². The van der Waals surface area contributed by atoms with Gasteiger partial charge >= 0.3 is 7.12 Å². The molecule has 1 aliphatic heterocycles. The second-order valence-corrected chi connectivity index (χ2v) is 3.17. The van der Waals surface area contributed by atoms with E-state index in [1.807, 2.05) is 0 Å². The SMILES string of the molecule is COC1COc2ccc(B(O)O)cc2O1. The van der Waals surface area contributed by atoms with Crippen molar-refractivity contribution in [1.82, 2.24) is 0 Å². The van der Waals surface area contributed by atoms with Crippen molar-refractivity contribution in [1.29, 1.82) is 0 Å². The van der Waals surface area contributed by atoms with Crippen molar-refractivity contribution in [3.63, 3.8) is 0 Å². The lowest BCUT2D eigenvalue weighted by molar-refractivity contribution is -0.0942. The van der Waals surface area contributed by atoms with Gasteiger partial charge in [0.1, 0.15) is 0 Å². The zero-order valence-corrected chi connectivity index (χ0v) is 8.21. The highest BCUT2D eigenvalue weighted by Crippen LogP contribution is 2.30. The maximum Gasteiger partial charge on any atom is 0.488 e. The average molecular weight is 210 g/mol. The molecule has 1 unspecified atom stereocenters. The topological polar surface area (TPSA) is 68.2 Å². The highest BCUT2D eigenvalue weighted by molar-refractivity contribution is 6.58. The van der Waals surface area contributed by atoms with Crippen LogP contribution < -0.4 is 14.9 Å². The van der Waals surface area contributed by atoms with Crippen molar-refractivity contribution in [2.24, 2.45) is 0 Å². The zero-order chi connectivity index (χ0) is 10.8. The number of fused-ring (bicyclic) bond motifs is 1. The van der Waals surface area contributed by atoms with E-state index < -0.39 is 13.4 Å². The molecule has 1 heterocycles. The number of benzene rings is 1. The fourth-order valence-corrected chi connectivity index (χ4v) is 1.35. The van der Waals surface area contributed by atoms with Crippen LogP contribution in [0.2, 0.25) is 0 Å². The third kappa shape index (κ3) is 2.06. The summed E-state index contributed by atoms with van der Waals surface area (Å²) in [5, 5.41) is 18.0. The molecule has 1 aromatic carbocycles. The molecule has 0 spiro atoms. The Hall–Kier alpha value is -1.24. The van der Waals surface area contributed by atoms with Gasteiger partial charge in [0.2, 0.25) is 6.29 Å². The summed E-state index contributed by atoms with van der Waals surface area (Å²) in [6.45, 7) is 0.324. The minimum atomic E-state index is -1.51. The Morgan fingerprint density at radius 1 is 1.40 bits per heavy atom. The molecule has 80 valence electrons. The molecule has 1 atom stereocenters. The van der Waals surface area contributed by atoms with E-state index in [0.717, 1.165) is 0 Å². The molecule has 0 saturated heterocycles. The van der Waals surface area contributed by atoms with Crippen LogP contribution >= 0.6 is 0 Å². The van der Waals surface area contributed by atoms with E-state index in [1.54, 1.807) is 12.1 Å². The maximum atomic E-state index is 8.98. The van der Waals surface area contributed by atoms with Gasteiger partial charge in [-0.25, -0.2) is 0 Å². The lowest BCUT2D eigenvalue weighted by Gasteiger charge is -2.25. The van der Waals surface area contributed by atoms with E-state index in [1.165, 1.54) is 13.2 Å². The fourth-order valence-electron chi connectivity index (χ4n) is 1.35. The fraction of sp³-hybridized carbons (Fsp3) is 0.333. The molecule has 0 fully saturated rings. The Bertz CT molecular complexity index is 354. The van der Waals surface area contributed by atoms with E-state index in [-0.39, 0.29) is 0 Å². The summed E-state index contributed by atoms with van der Waals surface area (Å²) in [5.74, 6) is 1.03. The van der Waals surface area contributed by atoms with Crippen LogP contribution in [0.1, 0.15) is 0 Å². The van der Waals surface area contributed by atoms with Crippen LogP contribution in [0.5, 0.6) is 11.5 Å². The molecule has 0 amide bonds. The number of rotatable bonds is 2. The second kappa shape index (κ2) is 4.10. The first-order valence-corrected chi connectivity index (χ1v) is 4.53. The summed E-state index contributed by atoms with van der Waals surface area (Å²) in [6, 6.07) is 4.72. The van der Waals surface area contributed by atoms with Gasteiger partial charge in [0.05, 0.1) is 0 Å². The summed E-state index contributed by atoms with van der Waals surface area (Å²) in [6.07, 6.45) is -0.455. The predicted molar refractivity (Wildman–Crippen MR) is 53.2 cm³/mol. The maximum absolute atomic E-state index is 8.98. The van der Waals surface area contributed by atoms with Crippen LogP contribution in [0.25, 0.3) is 0 Å². The molecule has 2 rings (SSSR count). The first-order chi connectivity index (χ1) is 7.20. The summed E-state index contributed by atoms with van der Waals surface area (Å²) in [7, 11) is 0.00542. The highest BCUT2D eigenvalue weighted by atomic mass is 16.7. The van der Waals surface area contributed by atoms with Crippen LogP contribution in [0, 0.1) is 0 Å². The van der Waals surface area contributed by atoms with E-state index in [4.69, 9.17) is 24.3 Å². The van der Waals surface area contributed by atoms with Crippen LogP contribution in [-0.4, -0.2) is 37.2 Å². The molecule has 0 aromatic heterocycles. The summed E-state index contributed by atoms with van der Waals surface area (Å²) in [4.78, 5) is 0. The summed E-state index contributed by atoms with van der Waals surface area (Å²) in [5.41, 5.74) is 0.356. The smallest absolute Gasteiger partial charge is 0.483 e. The Kier molecular flexibility index (Phi) is 2.81. The molecule has 0 aliphatic carbocycles. The molecule has 1 aromatic rings. The average Bonchev–Trinajstić information content (AvgIpc) is 2.27. The van der Waals surface area contributed by atoms with Crippen LogP contribution in [0.4, 0.5) is 0 Å². The van der Waals surface area contributed by atoms with Crippen molar-refractivity contribution in [2.45, 2.75) is 6.29 Å². The number of ether oxygens (including phenoxy) is 3. The molecule has 5 nitrogen and oxygen atoms in total. The number of hydrogen-bond donors (Lipinski definition) is 2. The van der Waals surface area contributed by atoms with Gasteiger partial charge in [-0.2, -0.15) is 0 Å². The first-order valence-electron chi connectivity index (χ1n) is 4.53. The monoisotopic (exact) mass is 210 g/mol. The molecule has 0 saturated carbocycles. The third-order valence-corrected chi connectivity index (χ3v) is 2.16. The van der Waals surface area contributed by atoms with E-state index in [2.05, 4.69) is 0 Å². The van der Waals surface area contributed by atoms with Gasteiger partial charge in [0, 0.05) is 7.11 Å². The molecular formula is C9H11BO5. The molecular weight excluding hydrogens is 199 g/mol. The van der Waals surface area contributed by atoms with Crippen LogP contribution in [0.15, 0.2) is 18.2 Å². The van der Waals surface area contributed by atoms with Crippen molar-refractivity contribution in [2.75, 3.05) is 13.7 Å². The molecule has 15 heavy (non-hydrogen) atoms. The first kappa shape index (κ1) is 10.3. The Morgan fingerprint density at radius 2 is 2.20 bits per heavy atom. The van der Waals surface area contributed by atoms with Crippen LogP contribution in [-0.2, 0) is 4.74 Å². The van der Waals surface area contributed by atoms with Gasteiger partial charge in [-0.05, 0) is 17.6 Å². The van der Waals surface area contributed by atoms with Gasteiger partial charge in [-0.15, -0.1) is 0 Å². The molecule has 1 aliphatic rings. The quantitative estimate of drug-likeness (QED) is 0.619. The molecule has 0 radical (unpaired) electrons. The minimum absolute atomic E-state index is 0.324. The summed E-state index contributed by atoms with van der Waals surface area (Å²) >= 11 is 0. The Balaban J connectivity index is 2.26. The minimum Gasteiger partial charge on any atom is -0.483 e. The largest absolute Gasteiger partial charge is 0.488 e. The van der Waals surface area contributed by atoms with E-state index in [9.17, 15) is 0 Å². The summed E-state index contributed by atoms with van der Waals surface area (Å²) < 4.78 is 15.7. The van der Waals surface area contributed by atoms with Gasteiger partial charge in [0.15, 0.2) is 18.1 Å². The second-order valence-electron chi connectivity index (χ2n) is 3.17. The molecule has 2 N–H and O–H groups in total. The number of methoxy groups -OCH3 is 1. The highest BCUT2D eigenvalue weighted by Gasteiger charge is 2.22. The predicted octanol–water partition coefficient (Wildman–Crippen LogP) is -0.890. The normalized spacial score (nSPS) is 18.7. The Labute approximate surface area is 87.3 Å². The van der Waals surface area contributed by atoms with Crippen molar-refractivity contribution >= 4 is 12.6 Å². The Morgan fingerprint density at radius 3 is 2.87 bits per heavy atom. The van der Waals surface area contributed by atoms with Crippen molar-refractivity contribution in [3.8, 4) is 11.5 Å². The van der Waals surface area contributed by atoms with Gasteiger partial charge < -0.3 is 24.3 Å². The molecule has 6 heteroatoms. The lowest BCUT2D eigenvalue weighted by Crippen LogP contribution is -2.34.